The van der Waals surface area contributed by atoms with E-state index in [0.29, 0.717) is 40.6 Å². The van der Waals surface area contributed by atoms with Gasteiger partial charge in [0, 0.05) is 23.2 Å². The van der Waals surface area contributed by atoms with Gasteiger partial charge in [0.15, 0.2) is 5.78 Å². The number of benzene rings is 2. The van der Waals surface area contributed by atoms with Crippen molar-refractivity contribution in [2.24, 2.45) is 0 Å². The van der Waals surface area contributed by atoms with Crippen molar-refractivity contribution in [1.82, 2.24) is 9.97 Å². The Balaban J connectivity index is 1.54. The van der Waals surface area contributed by atoms with E-state index in [0.717, 1.165) is 5.56 Å². The smallest absolute Gasteiger partial charge is 0.258 e. The maximum atomic E-state index is 12.7. The van der Waals surface area contributed by atoms with Gasteiger partial charge < -0.3 is 0 Å². The molecule has 0 radical (unpaired) electrons. The third-order valence-electron chi connectivity index (χ3n) is 5.45. The topological polar surface area (TPSA) is 72.0 Å². The summed E-state index contributed by atoms with van der Waals surface area (Å²) in [6.45, 7) is 4.32. The summed E-state index contributed by atoms with van der Waals surface area (Å²) in [6.07, 6.45) is 2.59. The van der Waals surface area contributed by atoms with Crippen molar-refractivity contribution in [2.75, 3.05) is 5.32 Å². The van der Waals surface area contributed by atoms with Gasteiger partial charge in [-0.3, -0.25) is 14.9 Å². The minimum atomic E-state index is -0.324. The highest BCUT2D eigenvalue weighted by Crippen LogP contribution is 2.32. The molecule has 0 aliphatic heterocycles. The first kappa shape index (κ1) is 20.2. The largest absolute Gasteiger partial charge is 0.294 e. The summed E-state index contributed by atoms with van der Waals surface area (Å²) in [5.74, 6) is 0.435. The molecule has 0 spiro atoms. The van der Waals surface area contributed by atoms with E-state index in [-0.39, 0.29) is 23.6 Å². The molecule has 2 aromatic carbocycles. The standard InChI is InChI=1S/C24H22ClN3O2/c1-14(2)15-3-5-16(6-4-15)18-11-21-20(22(29)12-18)13-26-24(27-21)28-23(30)17-7-9-19(25)10-8-17/h3-10,13-14,18H,11-12H2,1-2H3,(H,26,27,28,30). The van der Waals surface area contributed by atoms with Gasteiger partial charge in [0.2, 0.25) is 5.95 Å². The van der Waals surface area contributed by atoms with Gasteiger partial charge in [-0.1, -0.05) is 49.7 Å². The zero-order chi connectivity index (χ0) is 21.3. The first-order valence-corrected chi connectivity index (χ1v) is 10.3. The molecule has 1 aliphatic carbocycles. The fraction of sp³-hybridized carbons (Fsp3) is 0.250. The van der Waals surface area contributed by atoms with Crippen LogP contribution in [-0.4, -0.2) is 21.7 Å². The molecule has 1 atom stereocenters. The molecule has 1 unspecified atom stereocenters. The van der Waals surface area contributed by atoms with Crippen LogP contribution < -0.4 is 5.32 Å². The third-order valence-corrected chi connectivity index (χ3v) is 5.70. The number of rotatable bonds is 4. The van der Waals surface area contributed by atoms with Gasteiger partial charge in [-0.05, 0) is 53.6 Å². The molecule has 152 valence electrons. The molecule has 0 bridgehead atoms. The third kappa shape index (κ3) is 4.26. The second-order valence-corrected chi connectivity index (χ2v) is 8.30. The van der Waals surface area contributed by atoms with Gasteiger partial charge >= 0.3 is 0 Å². The molecule has 3 aromatic rings. The predicted molar refractivity (Wildman–Crippen MR) is 117 cm³/mol. The Morgan fingerprint density at radius 2 is 1.77 bits per heavy atom. The molecular formula is C24H22ClN3O2. The lowest BCUT2D eigenvalue weighted by atomic mass is 9.81. The zero-order valence-corrected chi connectivity index (χ0v) is 17.6. The lowest BCUT2D eigenvalue weighted by Crippen LogP contribution is -2.22. The van der Waals surface area contributed by atoms with E-state index in [2.05, 4.69) is 53.4 Å². The van der Waals surface area contributed by atoms with Crippen molar-refractivity contribution in [1.29, 1.82) is 0 Å². The molecule has 0 saturated heterocycles. The number of aromatic nitrogens is 2. The SMILES string of the molecule is CC(C)c1ccc(C2CC(=O)c3cnc(NC(=O)c4ccc(Cl)cc4)nc3C2)cc1. The number of halogens is 1. The number of carbonyl (C=O) groups is 2. The molecule has 1 heterocycles. The van der Waals surface area contributed by atoms with Gasteiger partial charge in [-0.25, -0.2) is 9.97 Å². The van der Waals surface area contributed by atoms with Crippen molar-refractivity contribution < 1.29 is 9.59 Å². The van der Waals surface area contributed by atoms with Crippen molar-refractivity contribution in [2.45, 2.75) is 38.5 Å². The number of Topliss-reactive ketones (excluding diaryl/α,β-unsaturated/α-hetero) is 1. The van der Waals surface area contributed by atoms with E-state index >= 15 is 0 Å². The summed E-state index contributed by atoms with van der Waals surface area (Å²) in [6, 6.07) is 15.0. The average molecular weight is 420 g/mol. The monoisotopic (exact) mass is 419 g/mol. The lowest BCUT2D eigenvalue weighted by Gasteiger charge is -2.23. The first-order chi connectivity index (χ1) is 14.4. The summed E-state index contributed by atoms with van der Waals surface area (Å²) >= 11 is 5.87. The molecule has 1 N–H and O–H groups in total. The molecule has 5 nitrogen and oxygen atoms in total. The summed E-state index contributed by atoms with van der Waals surface area (Å²) in [5.41, 5.74) is 4.07. The molecular weight excluding hydrogens is 398 g/mol. The van der Waals surface area contributed by atoms with Crippen LogP contribution in [0.1, 0.15) is 69.6 Å². The Kier molecular flexibility index (Phi) is 5.64. The van der Waals surface area contributed by atoms with Crippen LogP contribution in [0.25, 0.3) is 0 Å². The number of nitrogens with one attached hydrogen (secondary N) is 1. The van der Waals surface area contributed by atoms with Gasteiger partial charge in [-0.15, -0.1) is 0 Å². The molecule has 4 rings (SSSR count). The van der Waals surface area contributed by atoms with E-state index < -0.39 is 0 Å². The Labute approximate surface area is 180 Å². The van der Waals surface area contributed by atoms with E-state index in [9.17, 15) is 9.59 Å². The van der Waals surface area contributed by atoms with Crippen molar-refractivity contribution in [3.8, 4) is 0 Å². The van der Waals surface area contributed by atoms with E-state index in [1.54, 1.807) is 24.3 Å². The van der Waals surface area contributed by atoms with Crippen LogP contribution >= 0.6 is 11.6 Å². The van der Waals surface area contributed by atoms with Gasteiger partial charge in [0.25, 0.3) is 5.91 Å². The molecule has 0 fully saturated rings. The molecule has 0 saturated carbocycles. The highest BCUT2D eigenvalue weighted by atomic mass is 35.5. The van der Waals surface area contributed by atoms with Crippen molar-refractivity contribution >= 4 is 29.2 Å². The highest BCUT2D eigenvalue weighted by Gasteiger charge is 2.28. The highest BCUT2D eigenvalue weighted by molar-refractivity contribution is 6.30. The second-order valence-electron chi connectivity index (χ2n) is 7.86. The Hall–Kier alpha value is -3.05. The molecule has 6 heteroatoms. The average Bonchev–Trinajstić information content (AvgIpc) is 2.74. The Morgan fingerprint density at radius 1 is 1.07 bits per heavy atom. The van der Waals surface area contributed by atoms with Gasteiger partial charge in [-0.2, -0.15) is 0 Å². The van der Waals surface area contributed by atoms with Gasteiger partial charge in [0.05, 0.1) is 11.3 Å². The van der Waals surface area contributed by atoms with E-state index in [4.69, 9.17) is 11.6 Å². The number of hydrogen-bond donors (Lipinski definition) is 1. The number of fused-ring (bicyclic) bond motifs is 1. The summed E-state index contributed by atoms with van der Waals surface area (Å²) in [4.78, 5) is 33.7. The van der Waals surface area contributed by atoms with Crippen LogP contribution in [0.2, 0.25) is 5.02 Å². The summed E-state index contributed by atoms with van der Waals surface area (Å²) in [5, 5.41) is 3.26. The molecule has 1 aromatic heterocycles. The number of carbonyl (C=O) groups excluding carboxylic acids is 2. The molecule has 1 aliphatic rings. The number of hydrogen-bond acceptors (Lipinski definition) is 4. The quantitative estimate of drug-likeness (QED) is 0.613. The van der Waals surface area contributed by atoms with E-state index in [1.165, 1.54) is 11.8 Å². The van der Waals surface area contributed by atoms with Crippen molar-refractivity contribution in [3.63, 3.8) is 0 Å². The first-order valence-electron chi connectivity index (χ1n) is 9.96. The van der Waals surface area contributed by atoms with Crippen molar-refractivity contribution in [3.05, 3.63) is 87.7 Å². The molecule has 30 heavy (non-hydrogen) atoms. The number of nitrogens with zero attached hydrogens (tertiary/aromatic N) is 2. The number of anilines is 1. The van der Waals surface area contributed by atoms with Crippen LogP contribution in [0.5, 0.6) is 0 Å². The zero-order valence-electron chi connectivity index (χ0n) is 16.9. The summed E-state index contributed by atoms with van der Waals surface area (Å²) in [7, 11) is 0. The van der Waals surface area contributed by atoms with Crippen LogP contribution in [0, 0.1) is 0 Å². The minimum Gasteiger partial charge on any atom is -0.294 e. The fourth-order valence-corrected chi connectivity index (χ4v) is 3.79. The Morgan fingerprint density at radius 3 is 2.43 bits per heavy atom. The van der Waals surface area contributed by atoms with Gasteiger partial charge in [0.1, 0.15) is 0 Å². The summed E-state index contributed by atoms with van der Waals surface area (Å²) < 4.78 is 0. The fourth-order valence-electron chi connectivity index (χ4n) is 3.67. The molecule has 1 amide bonds. The van der Waals surface area contributed by atoms with Crippen LogP contribution in [0.4, 0.5) is 5.95 Å². The predicted octanol–water partition coefficient (Wildman–Crippen LogP) is 5.42. The van der Waals surface area contributed by atoms with Crippen LogP contribution in [0.15, 0.2) is 54.7 Å². The number of amides is 1. The van der Waals surface area contributed by atoms with Crippen LogP contribution in [0.3, 0.4) is 0 Å². The normalized spacial score (nSPS) is 15.7. The maximum absolute atomic E-state index is 12.7. The Bertz CT molecular complexity index is 1090. The minimum absolute atomic E-state index is 0.0322. The maximum Gasteiger partial charge on any atom is 0.258 e. The lowest BCUT2D eigenvalue weighted by molar-refractivity contribution is 0.0962. The van der Waals surface area contributed by atoms with E-state index in [1.807, 2.05) is 0 Å². The number of ketones is 1. The second kappa shape index (κ2) is 8.36. The van der Waals surface area contributed by atoms with Crippen LogP contribution in [-0.2, 0) is 6.42 Å².